The number of aryl methyl sites for hydroxylation is 3. The Hall–Kier alpha value is -3.74. The lowest BCUT2D eigenvalue weighted by molar-refractivity contribution is -0.116. The number of nitrogens with zero attached hydrogens (tertiary/aromatic N) is 4. The third kappa shape index (κ3) is 3.80. The van der Waals surface area contributed by atoms with Gasteiger partial charge in [0.1, 0.15) is 5.39 Å². The average Bonchev–Trinajstić information content (AvgIpc) is 3.15. The van der Waals surface area contributed by atoms with Crippen molar-refractivity contribution in [2.45, 2.75) is 26.8 Å². The number of aromatic nitrogens is 4. The molecular weight excluding hydrogens is 366 g/mol. The minimum absolute atomic E-state index is 0.149. The zero-order valence-electron chi connectivity index (χ0n) is 16.3. The minimum atomic E-state index is -0.212. The van der Waals surface area contributed by atoms with Crippen LogP contribution in [0.2, 0.25) is 0 Å². The molecule has 0 atom stereocenters. The quantitative estimate of drug-likeness (QED) is 0.570. The van der Waals surface area contributed by atoms with Crippen molar-refractivity contribution in [3.05, 3.63) is 82.5 Å². The molecule has 0 aliphatic rings. The van der Waals surface area contributed by atoms with Gasteiger partial charge in [0, 0.05) is 18.7 Å². The molecule has 7 heteroatoms. The fraction of sp³-hybridized carbons (Fsp3) is 0.182. The molecule has 1 N–H and O–H groups in total. The summed E-state index contributed by atoms with van der Waals surface area (Å²) >= 11 is 0. The highest BCUT2D eigenvalue weighted by Crippen LogP contribution is 2.16. The van der Waals surface area contributed by atoms with Crippen LogP contribution < -0.4 is 10.9 Å². The van der Waals surface area contributed by atoms with Crippen LogP contribution in [0.1, 0.15) is 17.5 Å². The maximum Gasteiger partial charge on any atom is 0.264 e. The van der Waals surface area contributed by atoms with Crippen LogP contribution in [0.3, 0.4) is 0 Å². The molecule has 0 radical (unpaired) electrons. The molecule has 0 saturated carbocycles. The lowest BCUT2D eigenvalue weighted by Gasteiger charge is -2.10. The van der Waals surface area contributed by atoms with Crippen molar-refractivity contribution >= 4 is 22.6 Å². The third-order valence-corrected chi connectivity index (χ3v) is 4.79. The molecule has 2 aromatic heterocycles. The maximum atomic E-state index is 12.8. The number of rotatable bonds is 5. The van der Waals surface area contributed by atoms with Crippen LogP contribution in [0.4, 0.5) is 5.69 Å². The van der Waals surface area contributed by atoms with E-state index in [2.05, 4.69) is 15.4 Å². The molecule has 0 aliphatic heterocycles. The van der Waals surface area contributed by atoms with Crippen LogP contribution in [0, 0.1) is 13.8 Å². The molecule has 4 aromatic rings. The lowest BCUT2D eigenvalue weighted by Crippen LogP contribution is -2.23. The molecule has 7 nitrogen and oxygen atoms in total. The number of nitrogens with one attached hydrogen (secondary N) is 1. The molecule has 0 unspecified atom stereocenters. The van der Waals surface area contributed by atoms with E-state index in [1.807, 2.05) is 62.4 Å². The Morgan fingerprint density at radius 2 is 1.90 bits per heavy atom. The van der Waals surface area contributed by atoms with Gasteiger partial charge in [-0.25, -0.2) is 9.67 Å². The van der Waals surface area contributed by atoms with Gasteiger partial charge in [-0.15, -0.1) is 0 Å². The van der Waals surface area contributed by atoms with Crippen LogP contribution in [-0.4, -0.2) is 25.2 Å². The van der Waals surface area contributed by atoms with Crippen molar-refractivity contribution in [2.75, 3.05) is 5.32 Å². The molecule has 0 bridgehead atoms. The van der Waals surface area contributed by atoms with Crippen LogP contribution in [0.15, 0.2) is 65.8 Å². The van der Waals surface area contributed by atoms with Gasteiger partial charge in [-0.3, -0.25) is 14.2 Å². The average molecular weight is 387 g/mol. The molecule has 0 aliphatic carbocycles. The number of carbonyl (C=O) groups is 1. The summed E-state index contributed by atoms with van der Waals surface area (Å²) in [6, 6.07) is 15.4. The summed E-state index contributed by atoms with van der Waals surface area (Å²) in [6.45, 7) is 4.21. The van der Waals surface area contributed by atoms with Crippen molar-refractivity contribution in [1.82, 2.24) is 19.3 Å². The topological polar surface area (TPSA) is 81.8 Å². The molecule has 4 rings (SSSR count). The number of fused-ring (bicyclic) bond motifs is 1. The Labute approximate surface area is 167 Å². The lowest BCUT2D eigenvalue weighted by atomic mass is 10.1. The third-order valence-electron chi connectivity index (χ3n) is 4.79. The van der Waals surface area contributed by atoms with Gasteiger partial charge in [-0.1, -0.05) is 35.9 Å². The molecule has 29 heavy (non-hydrogen) atoms. The van der Waals surface area contributed by atoms with E-state index < -0.39 is 0 Å². The first-order valence-corrected chi connectivity index (χ1v) is 9.38. The summed E-state index contributed by atoms with van der Waals surface area (Å²) in [4.78, 5) is 29.5. The number of benzene rings is 2. The van der Waals surface area contributed by atoms with Gasteiger partial charge in [0.05, 0.1) is 18.2 Å². The summed E-state index contributed by atoms with van der Waals surface area (Å²) < 4.78 is 3.08. The monoisotopic (exact) mass is 387 g/mol. The van der Waals surface area contributed by atoms with Crippen LogP contribution >= 0.6 is 0 Å². The Bertz CT molecular complexity index is 1240. The van der Waals surface area contributed by atoms with Crippen molar-refractivity contribution in [3.63, 3.8) is 0 Å². The van der Waals surface area contributed by atoms with E-state index in [0.29, 0.717) is 11.0 Å². The molecule has 0 spiro atoms. The molecule has 146 valence electrons. The largest absolute Gasteiger partial charge is 0.326 e. The van der Waals surface area contributed by atoms with Crippen LogP contribution in [-0.2, 0) is 11.3 Å². The van der Waals surface area contributed by atoms with E-state index in [0.717, 1.165) is 22.5 Å². The fourth-order valence-electron chi connectivity index (χ4n) is 3.25. The highest BCUT2D eigenvalue weighted by Gasteiger charge is 2.12. The van der Waals surface area contributed by atoms with E-state index in [1.165, 1.54) is 17.1 Å². The van der Waals surface area contributed by atoms with Gasteiger partial charge in [0.2, 0.25) is 5.91 Å². The second-order valence-corrected chi connectivity index (χ2v) is 6.99. The van der Waals surface area contributed by atoms with Crippen molar-refractivity contribution < 1.29 is 4.79 Å². The minimum Gasteiger partial charge on any atom is -0.326 e. The van der Waals surface area contributed by atoms with E-state index in [4.69, 9.17) is 0 Å². The Kier molecular flexibility index (Phi) is 4.95. The summed E-state index contributed by atoms with van der Waals surface area (Å²) in [7, 11) is 0. The molecule has 1 amide bonds. The van der Waals surface area contributed by atoms with Gasteiger partial charge in [0.15, 0.2) is 5.65 Å². The highest BCUT2D eigenvalue weighted by atomic mass is 16.2. The van der Waals surface area contributed by atoms with Crippen LogP contribution in [0.25, 0.3) is 16.7 Å². The van der Waals surface area contributed by atoms with Crippen molar-refractivity contribution in [1.29, 1.82) is 0 Å². The SMILES string of the molecule is Cc1ccc(NC(=O)CCn2cnc3c(cnn3-c3ccccc3)c2=O)c(C)c1. The number of para-hydroxylation sites is 1. The second kappa shape index (κ2) is 7.71. The summed E-state index contributed by atoms with van der Waals surface area (Å²) in [6.07, 6.45) is 3.16. The zero-order chi connectivity index (χ0) is 20.4. The predicted octanol–water partition coefficient (Wildman–Crippen LogP) is 3.23. The van der Waals surface area contributed by atoms with E-state index in [-0.39, 0.29) is 24.4 Å². The van der Waals surface area contributed by atoms with Crippen molar-refractivity contribution in [3.8, 4) is 5.69 Å². The number of hydrogen-bond donors (Lipinski definition) is 1. The molecule has 2 aromatic carbocycles. The van der Waals surface area contributed by atoms with Gasteiger partial charge < -0.3 is 5.32 Å². The smallest absolute Gasteiger partial charge is 0.264 e. The molecule has 2 heterocycles. The normalized spacial score (nSPS) is 11.0. The Balaban J connectivity index is 1.51. The van der Waals surface area contributed by atoms with Gasteiger partial charge in [-0.2, -0.15) is 5.10 Å². The van der Waals surface area contributed by atoms with Crippen molar-refractivity contribution in [2.24, 2.45) is 0 Å². The summed E-state index contributed by atoms with van der Waals surface area (Å²) in [5, 5.41) is 7.62. The van der Waals surface area contributed by atoms with Gasteiger partial charge in [-0.05, 0) is 37.6 Å². The standard InChI is InChI=1S/C22H21N5O2/c1-15-8-9-19(16(2)12-15)25-20(28)10-11-26-14-23-21-18(22(26)29)13-24-27(21)17-6-4-3-5-7-17/h3-9,12-14H,10-11H2,1-2H3,(H,25,28). The van der Waals surface area contributed by atoms with E-state index >= 15 is 0 Å². The van der Waals surface area contributed by atoms with Gasteiger partial charge in [0.25, 0.3) is 5.56 Å². The highest BCUT2D eigenvalue weighted by molar-refractivity contribution is 5.91. The van der Waals surface area contributed by atoms with E-state index in [9.17, 15) is 9.59 Å². The molecular formula is C22H21N5O2. The molecule has 0 saturated heterocycles. The number of amides is 1. The van der Waals surface area contributed by atoms with E-state index in [1.54, 1.807) is 4.68 Å². The second-order valence-electron chi connectivity index (χ2n) is 6.99. The Morgan fingerprint density at radius 3 is 2.66 bits per heavy atom. The number of anilines is 1. The zero-order valence-corrected chi connectivity index (χ0v) is 16.3. The number of carbonyl (C=O) groups excluding carboxylic acids is 1. The first-order valence-electron chi connectivity index (χ1n) is 9.38. The summed E-state index contributed by atoms with van der Waals surface area (Å²) in [5.74, 6) is -0.149. The number of hydrogen-bond acceptors (Lipinski definition) is 4. The van der Waals surface area contributed by atoms with Gasteiger partial charge >= 0.3 is 0 Å². The summed E-state index contributed by atoms with van der Waals surface area (Å²) in [5.41, 5.74) is 4.05. The molecule has 0 fully saturated rings. The maximum absolute atomic E-state index is 12.8. The first kappa shape index (κ1) is 18.6. The predicted molar refractivity (Wildman–Crippen MR) is 112 cm³/mol. The fourth-order valence-corrected chi connectivity index (χ4v) is 3.25. The van der Waals surface area contributed by atoms with Crippen LogP contribution in [0.5, 0.6) is 0 Å². The Morgan fingerprint density at radius 1 is 1.10 bits per heavy atom. The first-order chi connectivity index (χ1) is 14.0.